The molecule has 0 unspecified atom stereocenters. The second kappa shape index (κ2) is 11.9. The standard InChI is InChI=1S/C34H30N10/c35-21-31-37-18-14-30(42-31)39-25-15-19-43(20-16-25)22-23-8-10-26(11-9-23)44-33(27-7-4-17-38-32(27)36)41-29-13-12-28(40-34(29)44)24-5-2-1-3-6-24/h1-14,17-18,25H,15-16,19-20,22H2,(H2,36,38)(H,37,39,42)/i22D2. The fourth-order valence-electron chi connectivity index (χ4n) is 5.46. The molecular weight excluding hydrogens is 548 g/mol. The van der Waals surface area contributed by atoms with Gasteiger partial charge in [-0.3, -0.25) is 9.47 Å². The molecule has 0 bridgehead atoms. The van der Waals surface area contributed by atoms with Gasteiger partial charge in [0, 0.05) is 52.0 Å². The Labute approximate surface area is 257 Å². The van der Waals surface area contributed by atoms with E-state index in [1.165, 1.54) is 0 Å². The Morgan fingerprint density at radius 3 is 2.48 bits per heavy atom. The van der Waals surface area contributed by atoms with Crippen LogP contribution in [0.1, 0.15) is 27.0 Å². The molecule has 1 aliphatic heterocycles. The number of fused-ring (bicyclic) bond motifs is 1. The highest BCUT2D eigenvalue weighted by Gasteiger charge is 2.21. The first-order valence-corrected chi connectivity index (χ1v) is 14.4. The molecule has 0 amide bonds. The average Bonchev–Trinajstić information content (AvgIpc) is 3.48. The van der Waals surface area contributed by atoms with Crippen LogP contribution in [0.25, 0.3) is 39.5 Å². The molecule has 0 aliphatic carbocycles. The largest absolute Gasteiger partial charge is 0.383 e. The third-order valence-corrected chi connectivity index (χ3v) is 7.67. The number of hydrogen-bond donors (Lipinski definition) is 2. The lowest BCUT2D eigenvalue weighted by molar-refractivity contribution is 0.211. The lowest BCUT2D eigenvalue weighted by Crippen LogP contribution is -2.38. The van der Waals surface area contributed by atoms with Gasteiger partial charge >= 0.3 is 0 Å². The van der Waals surface area contributed by atoms with Crippen molar-refractivity contribution in [3.8, 4) is 34.4 Å². The number of aromatic nitrogens is 6. The van der Waals surface area contributed by atoms with Gasteiger partial charge < -0.3 is 11.1 Å². The molecule has 1 saturated heterocycles. The summed E-state index contributed by atoms with van der Waals surface area (Å²) < 4.78 is 20.1. The van der Waals surface area contributed by atoms with Gasteiger partial charge in [0.15, 0.2) is 11.5 Å². The lowest BCUT2D eigenvalue weighted by atomic mass is 10.0. The molecule has 5 heterocycles. The molecular formula is C34H30N10. The van der Waals surface area contributed by atoms with Crippen LogP contribution in [-0.4, -0.2) is 53.5 Å². The van der Waals surface area contributed by atoms with Crippen molar-refractivity contribution in [1.29, 1.82) is 5.26 Å². The van der Waals surface area contributed by atoms with E-state index in [1.807, 2.05) is 94.4 Å². The van der Waals surface area contributed by atoms with E-state index in [1.54, 1.807) is 18.5 Å². The van der Waals surface area contributed by atoms with Crippen molar-refractivity contribution in [2.75, 3.05) is 24.1 Å². The number of likely N-dealkylation sites (tertiary alicyclic amines) is 1. The van der Waals surface area contributed by atoms with Gasteiger partial charge in [-0.15, -0.1) is 0 Å². The number of nitrogens with zero attached hydrogens (tertiary/aromatic N) is 8. The molecule has 44 heavy (non-hydrogen) atoms. The van der Waals surface area contributed by atoms with Crippen LogP contribution in [0.3, 0.4) is 0 Å². The number of anilines is 2. The van der Waals surface area contributed by atoms with Crippen LogP contribution in [0.5, 0.6) is 0 Å². The normalized spacial score (nSPS) is 15.0. The molecule has 4 aromatic heterocycles. The molecule has 0 saturated carbocycles. The summed E-state index contributed by atoms with van der Waals surface area (Å²) >= 11 is 0. The first kappa shape index (κ1) is 24.9. The van der Waals surface area contributed by atoms with Crippen LogP contribution >= 0.6 is 0 Å². The SMILES string of the molecule is [2H]C([2H])(c1ccc(-n2c(-c3cccnc3N)nc3ccc(-c4ccccc4)nc32)cc1)N1CCC(Nc2ccnc(C#N)n2)CC1. The zero-order valence-electron chi connectivity index (χ0n) is 25.8. The zero-order valence-corrected chi connectivity index (χ0v) is 23.8. The molecule has 1 fully saturated rings. The molecule has 1 aliphatic rings. The Morgan fingerprint density at radius 1 is 0.886 bits per heavy atom. The van der Waals surface area contributed by atoms with Crippen molar-refractivity contribution in [3.63, 3.8) is 0 Å². The van der Waals surface area contributed by atoms with E-state index in [0.717, 1.165) is 29.8 Å². The van der Waals surface area contributed by atoms with Crippen LogP contribution in [0.15, 0.2) is 97.3 Å². The monoisotopic (exact) mass is 580 g/mol. The summed E-state index contributed by atoms with van der Waals surface area (Å²) in [6, 6.07) is 28.9. The van der Waals surface area contributed by atoms with E-state index in [-0.39, 0.29) is 11.9 Å². The van der Waals surface area contributed by atoms with Gasteiger partial charge in [0.2, 0.25) is 5.82 Å². The van der Waals surface area contributed by atoms with Crippen molar-refractivity contribution in [2.45, 2.75) is 25.4 Å². The fourth-order valence-corrected chi connectivity index (χ4v) is 5.46. The first-order valence-electron chi connectivity index (χ1n) is 15.4. The quantitative estimate of drug-likeness (QED) is 0.252. The van der Waals surface area contributed by atoms with Crippen molar-refractivity contribution in [1.82, 2.24) is 34.4 Å². The predicted molar refractivity (Wildman–Crippen MR) is 171 cm³/mol. The van der Waals surface area contributed by atoms with E-state index in [9.17, 15) is 0 Å². The van der Waals surface area contributed by atoms with Crippen LogP contribution in [0.2, 0.25) is 0 Å². The molecule has 7 rings (SSSR count). The number of pyridine rings is 2. The second-order valence-electron chi connectivity index (χ2n) is 10.6. The molecule has 0 spiro atoms. The summed E-state index contributed by atoms with van der Waals surface area (Å²) in [6.07, 6.45) is 4.67. The zero-order chi connectivity index (χ0) is 31.7. The summed E-state index contributed by atoms with van der Waals surface area (Å²) in [4.78, 5) is 24.2. The number of nitrogens with one attached hydrogen (secondary N) is 1. The van der Waals surface area contributed by atoms with Crippen molar-refractivity contribution >= 4 is 22.8 Å². The lowest BCUT2D eigenvalue weighted by Gasteiger charge is -2.32. The molecule has 6 aromatic rings. The van der Waals surface area contributed by atoms with Crippen LogP contribution < -0.4 is 11.1 Å². The van der Waals surface area contributed by atoms with Gasteiger partial charge in [-0.25, -0.2) is 24.9 Å². The molecule has 10 nitrogen and oxygen atoms in total. The first-order chi connectivity index (χ1) is 22.4. The van der Waals surface area contributed by atoms with E-state index in [0.29, 0.717) is 52.8 Å². The van der Waals surface area contributed by atoms with Gasteiger partial charge in [-0.2, -0.15) is 5.26 Å². The second-order valence-corrected chi connectivity index (χ2v) is 10.6. The minimum absolute atomic E-state index is 0.120. The highest BCUT2D eigenvalue weighted by molar-refractivity contribution is 5.84. The van der Waals surface area contributed by atoms with Crippen molar-refractivity contribution in [2.24, 2.45) is 0 Å². The van der Waals surface area contributed by atoms with E-state index in [2.05, 4.69) is 20.3 Å². The molecule has 10 heteroatoms. The summed E-state index contributed by atoms with van der Waals surface area (Å²) in [5.74, 6) is 1.69. The van der Waals surface area contributed by atoms with Crippen LogP contribution in [-0.2, 0) is 6.50 Å². The Morgan fingerprint density at radius 2 is 1.70 bits per heavy atom. The molecule has 3 N–H and O–H groups in total. The van der Waals surface area contributed by atoms with E-state index in [4.69, 9.17) is 23.7 Å². The highest BCUT2D eigenvalue weighted by Crippen LogP contribution is 2.32. The average molecular weight is 581 g/mol. The maximum Gasteiger partial charge on any atom is 0.234 e. The van der Waals surface area contributed by atoms with Gasteiger partial charge in [-0.05, 0) is 60.9 Å². The maximum atomic E-state index is 9.08. The molecule has 0 radical (unpaired) electrons. The van der Waals surface area contributed by atoms with Crippen molar-refractivity contribution < 1.29 is 2.74 Å². The van der Waals surface area contributed by atoms with Crippen molar-refractivity contribution in [3.05, 3.63) is 109 Å². The predicted octanol–water partition coefficient (Wildman–Crippen LogP) is 5.47. The Bertz CT molecular complexity index is 2050. The van der Waals surface area contributed by atoms with Crippen LogP contribution in [0.4, 0.5) is 11.6 Å². The third kappa shape index (κ3) is 5.56. The summed E-state index contributed by atoms with van der Waals surface area (Å²) in [6.45, 7) is -0.560. The number of nitrogen functional groups attached to an aromatic ring is 1. The number of rotatable bonds is 7. The Kier molecular flexibility index (Phi) is 6.74. The fraction of sp³-hybridized carbons (Fsp3) is 0.176. The summed E-state index contributed by atoms with van der Waals surface area (Å²) in [5, 5.41) is 12.4. The summed E-state index contributed by atoms with van der Waals surface area (Å²) in [5.41, 5.74) is 11.5. The van der Waals surface area contributed by atoms with Gasteiger partial charge in [-0.1, -0.05) is 42.5 Å². The van der Waals surface area contributed by atoms with Crippen LogP contribution in [0, 0.1) is 11.3 Å². The van der Waals surface area contributed by atoms with E-state index < -0.39 is 6.50 Å². The number of nitriles is 1. The summed E-state index contributed by atoms with van der Waals surface area (Å²) in [7, 11) is 0. The number of imidazole rings is 1. The smallest absolute Gasteiger partial charge is 0.234 e. The molecule has 216 valence electrons. The minimum atomic E-state index is -1.68. The Hall–Kier alpha value is -5.66. The van der Waals surface area contributed by atoms with Gasteiger partial charge in [0.25, 0.3) is 0 Å². The molecule has 0 atom stereocenters. The number of nitrogens with two attached hydrogens (primary N) is 1. The Balaban J connectivity index is 1.18. The number of benzene rings is 2. The third-order valence-electron chi connectivity index (χ3n) is 7.67. The molecule has 2 aromatic carbocycles. The minimum Gasteiger partial charge on any atom is -0.383 e. The van der Waals surface area contributed by atoms with Gasteiger partial charge in [0.05, 0.1) is 11.3 Å². The number of hydrogen-bond acceptors (Lipinski definition) is 9. The number of piperidine rings is 1. The van der Waals surface area contributed by atoms with Gasteiger partial charge in [0.1, 0.15) is 23.2 Å². The maximum absolute atomic E-state index is 9.08. The highest BCUT2D eigenvalue weighted by atomic mass is 15.2. The topological polar surface area (TPSA) is 134 Å². The van der Waals surface area contributed by atoms with E-state index >= 15 is 0 Å².